The molecule has 0 spiro atoms. The molecule has 1 fully saturated rings. The Balaban J connectivity index is 1.95. The summed E-state index contributed by atoms with van der Waals surface area (Å²) in [5.74, 6) is -0.146. The van der Waals surface area contributed by atoms with E-state index in [9.17, 15) is 9.90 Å². The van der Waals surface area contributed by atoms with Crippen LogP contribution in [0, 0.1) is 0 Å². The highest BCUT2D eigenvalue weighted by Gasteiger charge is 2.26. The molecule has 1 saturated heterocycles. The maximum atomic E-state index is 12.4. The summed E-state index contributed by atoms with van der Waals surface area (Å²) in [5.41, 5.74) is 2.20. The van der Waals surface area contributed by atoms with E-state index in [0.29, 0.717) is 12.5 Å². The summed E-state index contributed by atoms with van der Waals surface area (Å²) >= 11 is 3.49. The Morgan fingerprint density at radius 3 is 2.73 bits per heavy atom. The second kappa shape index (κ2) is 8.13. The van der Waals surface area contributed by atoms with Crippen LogP contribution in [0.1, 0.15) is 18.4 Å². The largest absolute Gasteiger partial charge is 0.383 e. The molecule has 1 amide bonds. The molecule has 2 N–H and O–H groups in total. The fraction of sp³-hybridized carbons (Fsp3) is 0.562. The van der Waals surface area contributed by atoms with Crippen LogP contribution in [0.5, 0.6) is 0 Å². The Morgan fingerprint density at radius 1 is 1.45 bits per heavy atom. The van der Waals surface area contributed by atoms with Crippen molar-refractivity contribution in [1.82, 2.24) is 10.2 Å². The van der Waals surface area contributed by atoms with Gasteiger partial charge in [-0.2, -0.15) is 0 Å². The van der Waals surface area contributed by atoms with Gasteiger partial charge in [0.15, 0.2) is 7.28 Å². The lowest BCUT2D eigenvalue weighted by atomic mass is 9.73. The first-order valence-corrected chi connectivity index (χ1v) is 8.75. The lowest BCUT2D eigenvalue weighted by Crippen LogP contribution is -2.47. The van der Waals surface area contributed by atoms with Crippen molar-refractivity contribution < 1.29 is 9.90 Å². The highest BCUT2D eigenvalue weighted by molar-refractivity contribution is 9.10. The molecule has 0 saturated carbocycles. The quantitative estimate of drug-likeness (QED) is 0.753. The van der Waals surface area contributed by atoms with Gasteiger partial charge in [-0.05, 0) is 31.5 Å². The highest BCUT2D eigenvalue weighted by atomic mass is 79.9. The first kappa shape index (κ1) is 17.5. The number of hydrogen-bond acceptors (Lipinski definition) is 3. The number of likely N-dealkylation sites (tertiary alicyclic amines) is 1. The molecule has 1 aromatic carbocycles. The summed E-state index contributed by atoms with van der Waals surface area (Å²) in [6.45, 7) is 3.54. The third kappa shape index (κ3) is 4.57. The zero-order valence-electron chi connectivity index (χ0n) is 13.3. The van der Waals surface area contributed by atoms with E-state index in [1.807, 2.05) is 13.1 Å². The second-order valence-electron chi connectivity index (χ2n) is 5.93. The van der Waals surface area contributed by atoms with Crippen molar-refractivity contribution in [1.29, 1.82) is 0 Å². The van der Waals surface area contributed by atoms with E-state index in [2.05, 4.69) is 40.2 Å². The van der Waals surface area contributed by atoms with Crippen LogP contribution in [0.15, 0.2) is 22.7 Å². The van der Waals surface area contributed by atoms with Crippen LogP contribution in [-0.4, -0.2) is 55.5 Å². The van der Waals surface area contributed by atoms with Gasteiger partial charge in [-0.1, -0.05) is 40.3 Å². The van der Waals surface area contributed by atoms with E-state index in [4.69, 9.17) is 0 Å². The lowest BCUT2D eigenvalue weighted by molar-refractivity contribution is -0.141. The van der Waals surface area contributed by atoms with Gasteiger partial charge in [0.2, 0.25) is 0 Å². The smallest absolute Gasteiger partial charge is 0.251 e. The Kier molecular flexibility index (Phi) is 6.47. The zero-order valence-corrected chi connectivity index (χ0v) is 14.9. The summed E-state index contributed by atoms with van der Waals surface area (Å²) in [4.78, 5) is 14.2. The van der Waals surface area contributed by atoms with Crippen molar-refractivity contribution in [3.05, 3.63) is 28.2 Å². The summed E-state index contributed by atoms with van der Waals surface area (Å²) in [5, 5.41) is 13.5. The van der Waals surface area contributed by atoms with E-state index in [1.54, 1.807) is 4.90 Å². The number of nitrogens with one attached hydrogen (secondary N) is 1. The van der Waals surface area contributed by atoms with Crippen molar-refractivity contribution in [3.8, 4) is 0 Å². The maximum Gasteiger partial charge on any atom is 0.251 e. The Hall–Kier alpha value is -0.845. The molecule has 0 unspecified atom stereocenters. The molecule has 1 atom stereocenters. The molecule has 0 radical (unpaired) electrons. The number of piperidine rings is 1. The van der Waals surface area contributed by atoms with Crippen LogP contribution < -0.4 is 10.8 Å². The summed E-state index contributed by atoms with van der Waals surface area (Å²) in [7, 11) is 2.89. The minimum Gasteiger partial charge on any atom is -0.383 e. The topological polar surface area (TPSA) is 52.6 Å². The molecule has 120 valence electrons. The molecule has 4 nitrogen and oxygen atoms in total. The van der Waals surface area contributed by atoms with Crippen LogP contribution in [0.3, 0.4) is 0 Å². The Bertz CT molecular complexity index is 519. The van der Waals surface area contributed by atoms with Crippen molar-refractivity contribution >= 4 is 34.6 Å². The third-order valence-corrected chi connectivity index (χ3v) is 4.81. The van der Waals surface area contributed by atoms with Crippen LogP contribution in [0.25, 0.3) is 0 Å². The van der Waals surface area contributed by atoms with E-state index in [-0.39, 0.29) is 5.91 Å². The minimum atomic E-state index is -0.954. The predicted molar refractivity (Wildman–Crippen MR) is 95.2 cm³/mol. The average Bonchev–Trinajstić information content (AvgIpc) is 2.53. The van der Waals surface area contributed by atoms with Crippen LogP contribution in [0.4, 0.5) is 0 Å². The molecule has 6 heteroatoms. The second-order valence-corrected chi connectivity index (χ2v) is 6.85. The van der Waals surface area contributed by atoms with Gasteiger partial charge in [-0.3, -0.25) is 4.79 Å². The highest BCUT2D eigenvalue weighted by Crippen LogP contribution is 2.15. The fourth-order valence-corrected chi connectivity index (χ4v) is 3.54. The van der Waals surface area contributed by atoms with E-state index in [0.717, 1.165) is 43.2 Å². The molecule has 0 aliphatic carbocycles. The average molecular weight is 367 g/mol. The molecule has 1 heterocycles. The van der Waals surface area contributed by atoms with Crippen LogP contribution in [0.2, 0.25) is 6.82 Å². The van der Waals surface area contributed by atoms with Crippen LogP contribution >= 0.6 is 15.9 Å². The Labute approximate surface area is 141 Å². The summed E-state index contributed by atoms with van der Waals surface area (Å²) in [6, 6.07) is 6.59. The lowest BCUT2D eigenvalue weighted by Gasteiger charge is -2.33. The van der Waals surface area contributed by atoms with Crippen molar-refractivity contribution in [2.24, 2.45) is 0 Å². The molecule has 22 heavy (non-hydrogen) atoms. The van der Waals surface area contributed by atoms with Crippen LogP contribution in [-0.2, 0) is 11.2 Å². The SMILES string of the molecule is CBc1cc(Br)cc(C[C@@H](O)C(=O)N2CCC(NC)CC2)c1. The van der Waals surface area contributed by atoms with Gasteiger partial charge in [-0.25, -0.2) is 0 Å². The molecule has 2 rings (SSSR count). The van der Waals surface area contributed by atoms with E-state index in [1.165, 1.54) is 5.46 Å². The van der Waals surface area contributed by atoms with Gasteiger partial charge in [0.25, 0.3) is 5.91 Å². The number of halogens is 1. The number of carbonyl (C=O) groups excluding carboxylic acids is 1. The molecular weight excluding hydrogens is 343 g/mol. The van der Waals surface area contributed by atoms with E-state index >= 15 is 0 Å². The fourth-order valence-electron chi connectivity index (χ4n) is 2.95. The predicted octanol–water partition coefficient (Wildman–Crippen LogP) is 0.673. The van der Waals surface area contributed by atoms with Crippen molar-refractivity contribution in [2.75, 3.05) is 20.1 Å². The molecule has 1 aromatic rings. The molecular formula is C16H24BBrN2O2. The number of carbonyl (C=O) groups is 1. The maximum absolute atomic E-state index is 12.4. The van der Waals surface area contributed by atoms with Gasteiger partial charge in [0, 0.05) is 30.0 Å². The van der Waals surface area contributed by atoms with Crippen molar-refractivity contribution in [3.63, 3.8) is 0 Å². The zero-order chi connectivity index (χ0) is 16.1. The minimum absolute atomic E-state index is 0.146. The molecule has 0 aromatic heterocycles. The van der Waals surface area contributed by atoms with Crippen molar-refractivity contribution in [2.45, 2.75) is 38.2 Å². The normalized spacial score (nSPS) is 17.4. The van der Waals surface area contributed by atoms with Gasteiger partial charge in [0.05, 0.1) is 0 Å². The third-order valence-electron chi connectivity index (χ3n) is 4.35. The van der Waals surface area contributed by atoms with E-state index < -0.39 is 6.10 Å². The van der Waals surface area contributed by atoms with Gasteiger partial charge >= 0.3 is 0 Å². The van der Waals surface area contributed by atoms with Gasteiger partial charge < -0.3 is 15.3 Å². The first-order valence-electron chi connectivity index (χ1n) is 7.96. The number of rotatable bonds is 5. The van der Waals surface area contributed by atoms with Gasteiger partial charge in [-0.15, -0.1) is 0 Å². The summed E-state index contributed by atoms with van der Waals surface area (Å²) in [6.07, 6.45) is 1.32. The number of aliphatic hydroxyl groups is 1. The number of benzene rings is 1. The molecule has 1 aliphatic heterocycles. The number of aliphatic hydroxyl groups excluding tert-OH is 1. The number of amides is 1. The van der Waals surface area contributed by atoms with Gasteiger partial charge in [0.1, 0.15) is 6.10 Å². The standard InChI is InChI=1S/C16H24BBrN2O2/c1-17-12-7-11(8-13(18)10-12)9-15(21)16(22)20-5-3-14(19-2)4-6-20/h7-8,10,14-15,17,19,21H,3-6,9H2,1-2H3/t15-/m1/s1. The number of hydrogen-bond donors (Lipinski definition) is 2. The number of nitrogens with zero attached hydrogens (tertiary/aromatic N) is 1. The first-order chi connectivity index (χ1) is 10.5. The summed E-state index contributed by atoms with van der Waals surface area (Å²) < 4.78 is 0.997. The monoisotopic (exact) mass is 366 g/mol. The molecule has 0 bridgehead atoms. The molecule has 1 aliphatic rings. The Morgan fingerprint density at radius 2 is 2.14 bits per heavy atom.